The third kappa shape index (κ3) is 2.66. The van der Waals surface area contributed by atoms with Gasteiger partial charge < -0.3 is 15.8 Å². The standard InChI is InChI=1S/C12H16F2N2O/c1-12(2-4-17-5-3-12)16-11-9(13)6-8(15)7-10(11)14/h6-7,16H,2-5,15H2,1H3. The molecule has 0 saturated carbocycles. The van der Waals surface area contributed by atoms with Crippen molar-refractivity contribution in [2.45, 2.75) is 25.3 Å². The number of halogens is 2. The van der Waals surface area contributed by atoms with Crippen molar-refractivity contribution in [2.75, 3.05) is 24.3 Å². The van der Waals surface area contributed by atoms with Gasteiger partial charge in [0.15, 0.2) is 11.6 Å². The molecule has 1 heterocycles. The molecule has 1 fully saturated rings. The van der Waals surface area contributed by atoms with Crippen LogP contribution in [0.25, 0.3) is 0 Å². The molecule has 3 N–H and O–H groups in total. The molecule has 94 valence electrons. The quantitative estimate of drug-likeness (QED) is 0.783. The van der Waals surface area contributed by atoms with Crippen molar-refractivity contribution in [3.8, 4) is 0 Å². The van der Waals surface area contributed by atoms with Crippen LogP contribution in [0.2, 0.25) is 0 Å². The lowest BCUT2D eigenvalue weighted by Crippen LogP contribution is -2.41. The topological polar surface area (TPSA) is 47.3 Å². The highest BCUT2D eigenvalue weighted by Gasteiger charge is 2.29. The van der Waals surface area contributed by atoms with Crippen molar-refractivity contribution in [3.05, 3.63) is 23.8 Å². The van der Waals surface area contributed by atoms with Gasteiger partial charge >= 0.3 is 0 Å². The van der Waals surface area contributed by atoms with Gasteiger partial charge in [-0.25, -0.2) is 8.78 Å². The fraction of sp³-hybridized carbons (Fsp3) is 0.500. The number of rotatable bonds is 2. The lowest BCUT2D eigenvalue weighted by Gasteiger charge is -2.35. The van der Waals surface area contributed by atoms with Gasteiger partial charge in [-0.05, 0) is 31.9 Å². The van der Waals surface area contributed by atoms with E-state index in [0.29, 0.717) is 13.2 Å². The molecule has 2 rings (SSSR count). The summed E-state index contributed by atoms with van der Waals surface area (Å²) in [6.45, 7) is 3.13. The smallest absolute Gasteiger partial charge is 0.151 e. The van der Waals surface area contributed by atoms with Crippen LogP contribution < -0.4 is 11.1 Å². The van der Waals surface area contributed by atoms with Gasteiger partial charge in [-0.15, -0.1) is 0 Å². The molecular weight excluding hydrogens is 226 g/mol. The second-order valence-corrected chi connectivity index (χ2v) is 4.66. The second kappa shape index (κ2) is 4.49. The Balaban J connectivity index is 2.23. The SMILES string of the molecule is CC1(Nc2c(F)cc(N)cc2F)CCOCC1. The van der Waals surface area contributed by atoms with Crippen molar-refractivity contribution < 1.29 is 13.5 Å². The van der Waals surface area contributed by atoms with Gasteiger partial charge in [-0.1, -0.05) is 0 Å². The van der Waals surface area contributed by atoms with E-state index in [2.05, 4.69) is 5.32 Å². The number of ether oxygens (including phenoxy) is 1. The Labute approximate surface area is 98.9 Å². The molecule has 0 radical (unpaired) electrons. The van der Waals surface area contributed by atoms with E-state index in [0.717, 1.165) is 25.0 Å². The molecular formula is C12H16F2N2O. The number of hydrogen-bond acceptors (Lipinski definition) is 3. The molecule has 0 unspecified atom stereocenters. The molecule has 1 aromatic carbocycles. The molecule has 0 atom stereocenters. The van der Waals surface area contributed by atoms with Crippen molar-refractivity contribution >= 4 is 11.4 Å². The first-order chi connectivity index (χ1) is 8.00. The van der Waals surface area contributed by atoms with Crippen LogP contribution in [-0.2, 0) is 4.74 Å². The molecule has 0 spiro atoms. The summed E-state index contributed by atoms with van der Waals surface area (Å²) in [4.78, 5) is 0. The van der Waals surface area contributed by atoms with Gasteiger partial charge in [0.05, 0.1) is 0 Å². The van der Waals surface area contributed by atoms with Crippen molar-refractivity contribution in [1.82, 2.24) is 0 Å². The van der Waals surface area contributed by atoms with Crippen molar-refractivity contribution in [3.63, 3.8) is 0 Å². The lowest BCUT2D eigenvalue weighted by molar-refractivity contribution is 0.0656. The minimum absolute atomic E-state index is 0.0858. The normalized spacial score (nSPS) is 19.0. The largest absolute Gasteiger partial charge is 0.399 e. The highest BCUT2D eigenvalue weighted by Crippen LogP contribution is 2.29. The highest BCUT2D eigenvalue weighted by molar-refractivity contribution is 5.55. The third-order valence-corrected chi connectivity index (χ3v) is 3.09. The first-order valence-corrected chi connectivity index (χ1v) is 5.61. The Kier molecular flexibility index (Phi) is 3.19. The van der Waals surface area contributed by atoms with Crippen LogP contribution in [0.3, 0.4) is 0 Å². The van der Waals surface area contributed by atoms with Gasteiger partial charge in [-0.2, -0.15) is 0 Å². The summed E-state index contributed by atoms with van der Waals surface area (Å²) in [5.41, 5.74) is 5.01. The number of nitrogen functional groups attached to an aromatic ring is 1. The average molecular weight is 242 g/mol. The maximum absolute atomic E-state index is 13.6. The first-order valence-electron chi connectivity index (χ1n) is 5.61. The summed E-state index contributed by atoms with van der Waals surface area (Å²) in [6, 6.07) is 2.24. The van der Waals surface area contributed by atoms with Crippen LogP contribution in [0, 0.1) is 11.6 Å². The lowest BCUT2D eigenvalue weighted by atomic mass is 9.92. The van der Waals surface area contributed by atoms with E-state index in [9.17, 15) is 8.78 Å². The minimum Gasteiger partial charge on any atom is -0.399 e. The summed E-state index contributed by atoms with van der Waals surface area (Å²) >= 11 is 0. The van der Waals surface area contributed by atoms with Crippen LogP contribution in [0.15, 0.2) is 12.1 Å². The van der Waals surface area contributed by atoms with Gasteiger partial charge in [-0.3, -0.25) is 0 Å². The molecule has 0 amide bonds. The summed E-state index contributed by atoms with van der Waals surface area (Å²) in [5.74, 6) is -1.31. The fourth-order valence-electron chi connectivity index (χ4n) is 1.96. The van der Waals surface area contributed by atoms with E-state index in [1.807, 2.05) is 6.92 Å². The van der Waals surface area contributed by atoms with E-state index in [4.69, 9.17) is 10.5 Å². The number of nitrogens with two attached hydrogens (primary N) is 1. The summed E-state index contributed by atoms with van der Waals surface area (Å²) in [5, 5.41) is 2.94. The fourth-order valence-corrected chi connectivity index (χ4v) is 1.96. The zero-order valence-electron chi connectivity index (χ0n) is 9.72. The van der Waals surface area contributed by atoms with Crippen LogP contribution in [0.1, 0.15) is 19.8 Å². The van der Waals surface area contributed by atoms with Gasteiger partial charge in [0.2, 0.25) is 0 Å². The number of benzene rings is 1. The van der Waals surface area contributed by atoms with Crippen molar-refractivity contribution in [2.24, 2.45) is 0 Å². The van der Waals surface area contributed by atoms with Crippen LogP contribution in [0.5, 0.6) is 0 Å². The molecule has 3 nitrogen and oxygen atoms in total. The van der Waals surface area contributed by atoms with E-state index < -0.39 is 11.6 Å². The predicted molar refractivity (Wildman–Crippen MR) is 62.9 cm³/mol. The Morgan fingerprint density at radius 1 is 1.24 bits per heavy atom. The molecule has 1 aliphatic heterocycles. The second-order valence-electron chi connectivity index (χ2n) is 4.66. The minimum atomic E-state index is -0.657. The third-order valence-electron chi connectivity index (χ3n) is 3.09. The molecule has 0 bridgehead atoms. The summed E-state index contributed by atoms with van der Waals surface area (Å²) in [7, 11) is 0. The Bertz CT molecular complexity index is 394. The van der Waals surface area contributed by atoms with Crippen LogP contribution in [-0.4, -0.2) is 18.8 Å². The molecule has 0 aliphatic carbocycles. The highest BCUT2D eigenvalue weighted by atomic mass is 19.1. The van der Waals surface area contributed by atoms with Gasteiger partial charge in [0.1, 0.15) is 5.69 Å². The van der Waals surface area contributed by atoms with E-state index >= 15 is 0 Å². The zero-order chi connectivity index (χ0) is 12.5. The predicted octanol–water partition coefficient (Wildman–Crippen LogP) is 2.53. The molecule has 1 aliphatic rings. The first kappa shape index (κ1) is 12.1. The van der Waals surface area contributed by atoms with E-state index in [1.54, 1.807) is 0 Å². The van der Waals surface area contributed by atoms with Crippen LogP contribution in [0.4, 0.5) is 20.2 Å². The Morgan fingerprint density at radius 3 is 2.29 bits per heavy atom. The number of nitrogens with one attached hydrogen (secondary N) is 1. The molecule has 5 heteroatoms. The van der Waals surface area contributed by atoms with Gasteiger partial charge in [0, 0.05) is 24.4 Å². The Hall–Kier alpha value is -1.36. The van der Waals surface area contributed by atoms with Crippen molar-refractivity contribution in [1.29, 1.82) is 0 Å². The molecule has 17 heavy (non-hydrogen) atoms. The van der Waals surface area contributed by atoms with Crippen LogP contribution >= 0.6 is 0 Å². The number of anilines is 2. The summed E-state index contributed by atoms with van der Waals surface area (Å²) < 4.78 is 32.5. The van der Waals surface area contributed by atoms with E-state index in [-0.39, 0.29) is 16.9 Å². The molecule has 1 saturated heterocycles. The van der Waals surface area contributed by atoms with Gasteiger partial charge in [0.25, 0.3) is 0 Å². The maximum Gasteiger partial charge on any atom is 0.151 e. The average Bonchev–Trinajstić information content (AvgIpc) is 2.24. The monoisotopic (exact) mass is 242 g/mol. The molecule has 0 aromatic heterocycles. The molecule has 1 aromatic rings. The maximum atomic E-state index is 13.6. The Morgan fingerprint density at radius 2 is 1.76 bits per heavy atom. The van der Waals surface area contributed by atoms with E-state index in [1.165, 1.54) is 0 Å². The summed E-state index contributed by atoms with van der Waals surface area (Å²) in [6.07, 6.45) is 1.44. The zero-order valence-corrected chi connectivity index (χ0v) is 9.72. The number of hydrogen-bond donors (Lipinski definition) is 2.